The summed E-state index contributed by atoms with van der Waals surface area (Å²) in [5, 5.41) is 0. The molecule has 0 aliphatic heterocycles. The maximum absolute atomic E-state index is 13.1. The van der Waals surface area contributed by atoms with E-state index in [1.165, 1.54) is 0 Å². The van der Waals surface area contributed by atoms with E-state index in [9.17, 15) is 8.78 Å². The van der Waals surface area contributed by atoms with Gasteiger partial charge in [0, 0.05) is 11.8 Å². The van der Waals surface area contributed by atoms with Crippen molar-refractivity contribution in [1.29, 1.82) is 0 Å². The Labute approximate surface area is 59.6 Å². The van der Waals surface area contributed by atoms with Crippen molar-refractivity contribution in [3.8, 4) is 0 Å². The Bertz CT molecular complexity index is 124. The van der Waals surface area contributed by atoms with Crippen LogP contribution >= 0.6 is 0 Å². The first-order valence-corrected chi connectivity index (χ1v) is 4.09. The van der Waals surface area contributed by atoms with Crippen molar-refractivity contribution in [3.05, 3.63) is 0 Å². The molecule has 10 heavy (non-hydrogen) atoms. The zero-order valence-corrected chi connectivity index (χ0v) is 5.95. The molecule has 0 spiro atoms. The van der Waals surface area contributed by atoms with Gasteiger partial charge in [0.1, 0.15) is 0 Å². The molecule has 0 saturated heterocycles. The van der Waals surface area contributed by atoms with Gasteiger partial charge in [0.05, 0.1) is 0 Å². The Morgan fingerprint density at radius 1 is 0.900 bits per heavy atom. The van der Waals surface area contributed by atoms with Gasteiger partial charge in [-0.3, -0.25) is 0 Å². The van der Waals surface area contributed by atoms with Crippen molar-refractivity contribution < 1.29 is 8.78 Å². The number of hydrogen-bond acceptors (Lipinski definition) is 0. The third-order valence-electron chi connectivity index (χ3n) is 3.06. The van der Waals surface area contributed by atoms with Gasteiger partial charge in [0.15, 0.2) is 0 Å². The summed E-state index contributed by atoms with van der Waals surface area (Å²) in [7, 11) is 0. The standard InChI is InChI=1S/C8H12F2/c9-8(10)6-2-1-3-7(8)5-4-6/h6-7H,1-5H2. The van der Waals surface area contributed by atoms with Crippen LogP contribution in [-0.4, -0.2) is 5.92 Å². The first-order valence-electron chi connectivity index (χ1n) is 4.09. The molecule has 2 bridgehead atoms. The minimum atomic E-state index is -2.29. The molecular weight excluding hydrogens is 134 g/mol. The fourth-order valence-electron chi connectivity index (χ4n) is 2.40. The van der Waals surface area contributed by atoms with Crippen LogP contribution in [0.1, 0.15) is 32.1 Å². The number of hydrogen-bond donors (Lipinski definition) is 0. The second-order valence-corrected chi connectivity index (χ2v) is 3.58. The summed E-state index contributed by atoms with van der Waals surface area (Å²) in [4.78, 5) is 0. The zero-order valence-electron chi connectivity index (χ0n) is 5.95. The molecule has 0 radical (unpaired) electrons. The third kappa shape index (κ3) is 0.708. The van der Waals surface area contributed by atoms with Gasteiger partial charge in [-0.05, 0) is 25.7 Å². The van der Waals surface area contributed by atoms with Crippen molar-refractivity contribution >= 4 is 0 Å². The van der Waals surface area contributed by atoms with E-state index >= 15 is 0 Å². The van der Waals surface area contributed by atoms with Crippen molar-refractivity contribution in [3.63, 3.8) is 0 Å². The summed E-state index contributed by atoms with van der Waals surface area (Å²) >= 11 is 0. The van der Waals surface area contributed by atoms with Gasteiger partial charge in [0.25, 0.3) is 5.92 Å². The maximum Gasteiger partial charge on any atom is 0.253 e. The minimum Gasteiger partial charge on any atom is -0.206 e. The second kappa shape index (κ2) is 1.93. The molecule has 2 atom stereocenters. The second-order valence-electron chi connectivity index (χ2n) is 3.58. The van der Waals surface area contributed by atoms with Crippen LogP contribution in [0.3, 0.4) is 0 Å². The van der Waals surface area contributed by atoms with Crippen LogP contribution in [0.2, 0.25) is 0 Å². The van der Waals surface area contributed by atoms with E-state index in [1.54, 1.807) is 0 Å². The number of fused-ring (bicyclic) bond motifs is 2. The Kier molecular flexibility index (Phi) is 1.26. The monoisotopic (exact) mass is 146 g/mol. The molecule has 0 aromatic rings. The Morgan fingerprint density at radius 3 is 1.80 bits per heavy atom. The van der Waals surface area contributed by atoms with Gasteiger partial charge in [-0.2, -0.15) is 0 Å². The minimum absolute atomic E-state index is 0.258. The van der Waals surface area contributed by atoms with Gasteiger partial charge in [0.2, 0.25) is 0 Å². The van der Waals surface area contributed by atoms with Gasteiger partial charge < -0.3 is 0 Å². The van der Waals surface area contributed by atoms with Gasteiger partial charge >= 0.3 is 0 Å². The molecule has 2 heteroatoms. The highest BCUT2D eigenvalue weighted by molar-refractivity contribution is 4.94. The smallest absolute Gasteiger partial charge is 0.206 e. The van der Waals surface area contributed by atoms with Crippen LogP contribution in [0.15, 0.2) is 0 Å². The van der Waals surface area contributed by atoms with E-state index in [-0.39, 0.29) is 11.8 Å². The fraction of sp³-hybridized carbons (Fsp3) is 1.00. The normalized spacial score (nSPS) is 43.8. The van der Waals surface area contributed by atoms with E-state index in [0.29, 0.717) is 0 Å². The molecule has 2 unspecified atom stereocenters. The lowest BCUT2D eigenvalue weighted by Crippen LogP contribution is -2.32. The van der Waals surface area contributed by atoms with Crippen LogP contribution in [0, 0.1) is 11.8 Å². The Hall–Kier alpha value is -0.140. The molecule has 0 heterocycles. The molecule has 0 aromatic heterocycles. The SMILES string of the molecule is FC1(F)C2CCCC1CC2. The number of alkyl halides is 2. The van der Waals surface area contributed by atoms with Crippen LogP contribution < -0.4 is 0 Å². The van der Waals surface area contributed by atoms with Crippen LogP contribution in [-0.2, 0) is 0 Å². The summed E-state index contributed by atoms with van der Waals surface area (Å²) in [5.41, 5.74) is 0. The van der Waals surface area contributed by atoms with Crippen LogP contribution in [0.5, 0.6) is 0 Å². The van der Waals surface area contributed by atoms with Crippen molar-refractivity contribution in [2.45, 2.75) is 38.0 Å². The molecule has 2 aliphatic rings. The lowest BCUT2D eigenvalue weighted by Gasteiger charge is -2.29. The predicted molar refractivity (Wildman–Crippen MR) is 35.0 cm³/mol. The van der Waals surface area contributed by atoms with Crippen molar-refractivity contribution in [2.75, 3.05) is 0 Å². The molecule has 2 saturated carbocycles. The van der Waals surface area contributed by atoms with Crippen LogP contribution in [0.4, 0.5) is 8.78 Å². The molecule has 58 valence electrons. The lowest BCUT2D eigenvalue weighted by atomic mass is 9.85. The van der Waals surface area contributed by atoms with Gasteiger partial charge in [-0.15, -0.1) is 0 Å². The topological polar surface area (TPSA) is 0 Å². The van der Waals surface area contributed by atoms with Crippen molar-refractivity contribution in [1.82, 2.24) is 0 Å². The summed E-state index contributed by atoms with van der Waals surface area (Å²) in [6.07, 6.45) is 4.12. The summed E-state index contributed by atoms with van der Waals surface area (Å²) in [5.74, 6) is -2.81. The highest BCUT2D eigenvalue weighted by Gasteiger charge is 2.53. The third-order valence-corrected chi connectivity index (χ3v) is 3.06. The quantitative estimate of drug-likeness (QED) is 0.493. The summed E-state index contributed by atoms with van der Waals surface area (Å²) in [6, 6.07) is 0. The Morgan fingerprint density at radius 2 is 1.40 bits per heavy atom. The average molecular weight is 146 g/mol. The number of rotatable bonds is 0. The zero-order chi connectivity index (χ0) is 7.19. The molecule has 0 aromatic carbocycles. The molecule has 2 aliphatic carbocycles. The Balaban J connectivity index is 2.21. The maximum atomic E-state index is 13.1. The van der Waals surface area contributed by atoms with Gasteiger partial charge in [-0.1, -0.05) is 6.42 Å². The van der Waals surface area contributed by atoms with E-state index in [0.717, 1.165) is 32.1 Å². The van der Waals surface area contributed by atoms with Gasteiger partial charge in [-0.25, -0.2) is 8.78 Å². The fourth-order valence-corrected chi connectivity index (χ4v) is 2.40. The summed E-state index contributed by atoms with van der Waals surface area (Å²) < 4.78 is 26.1. The van der Waals surface area contributed by atoms with Crippen molar-refractivity contribution in [2.24, 2.45) is 11.8 Å². The first-order chi connectivity index (χ1) is 4.71. The highest BCUT2D eigenvalue weighted by atomic mass is 19.3. The van der Waals surface area contributed by atoms with Crippen LogP contribution in [0.25, 0.3) is 0 Å². The summed E-state index contributed by atoms with van der Waals surface area (Å²) in [6.45, 7) is 0. The average Bonchev–Trinajstić information content (AvgIpc) is 2.17. The molecule has 0 amide bonds. The lowest BCUT2D eigenvalue weighted by molar-refractivity contribution is -0.0968. The highest BCUT2D eigenvalue weighted by Crippen LogP contribution is 2.52. The molecule has 0 nitrogen and oxygen atoms in total. The first kappa shape index (κ1) is 6.56. The van der Waals surface area contributed by atoms with E-state index in [4.69, 9.17) is 0 Å². The predicted octanol–water partition coefficient (Wildman–Crippen LogP) is 2.83. The van der Waals surface area contributed by atoms with E-state index < -0.39 is 5.92 Å². The molecule has 0 N–H and O–H groups in total. The molecular formula is C8H12F2. The molecule has 2 fully saturated rings. The largest absolute Gasteiger partial charge is 0.253 e. The van der Waals surface area contributed by atoms with E-state index in [2.05, 4.69) is 0 Å². The molecule has 2 rings (SSSR count). The number of halogens is 2. The van der Waals surface area contributed by atoms with E-state index in [1.807, 2.05) is 0 Å².